The molecule has 0 saturated carbocycles. The van der Waals surface area contributed by atoms with Crippen molar-refractivity contribution in [1.82, 2.24) is 0 Å². The maximum atomic E-state index is 13.1. The van der Waals surface area contributed by atoms with Gasteiger partial charge in [0.2, 0.25) is 5.91 Å². The smallest absolute Gasteiger partial charge is 0.228 e. The van der Waals surface area contributed by atoms with Gasteiger partial charge >= 0.3 is 0 Å². The zero-order chi connectivity index (χ0) is 19.6. The van der Waals surface area contributed by atoms with E-state index in [4.69, 9.17) is 11.6 Å². The molecule has 3 aromatic carbocycles. The molecule has 0 fully saturated rings. The summed E-state index contributed by atoms with van der Waals surface area (Å²) in [7, 11) is 0. The molecular weight excluding hydrogens is 386 g/mol. The van der Waals surface area contributed by atoms with Gasteiger partial charge in [-0.2, -0.15) is 0 Å². The highest BCUT2D eigenvalue weighted by Crippen LogP contribution is 2.57. The summed E-state index contributed by atoms with van der Waals surface area (Å²) in [5.74, 6) is 0.0881. The van der Waals surface area contributed by atoms with Crippen molar-refractivity contribution in [1.29, 1.82) is 0 Å². The van der Waals surface area contributed by atoms with Crippen LogP contribution in [0.1, 0.15) is 24.5 Å². The number of para-hydroxylation sites is 1. The van der Waals surface area contributed by atoms with Crippen LogP contribution >= 0.6 is 23.4 Å². The van der Waals surface area contributed by atoms with Crippen molar-refractivity contribution in [3.05, 3.63) is 101 Å². The summed E-state index contributed by atoms with van der Waals surface area (Å²) in [6.45, 7) is 1.90. The molecule has 0 aromatic heterocycles. The van der Waals surface area contributed by atoms with Crippen molar-refractivity contribution in [3.8, 4) is 0 Å². The SMILES string of the molecule is CCC(=O)N1c2ccccc2SC1(C=Cc1ccccc1)c1ccc(Cl)cc1. The van der Waals surface area contributed by atoms with Gasteiger partial charge in [-0.3, -0.25) is 9.69 Å². The molecule has 0 radical (unpaired) electrons. The second-order valence-corrected chi connectivity index (χ2v) is 8.30. The van der Waals surface area contributed by atoms with E-state index in [-0.39, 0.29) is 5.91 Å². The van der Waals surface area contributed by atoms with E-state index >= 15 is 0 Å². The Labute approximate surface area is 174 Å². The molecule has 4 heteroatoms. The lowest BCUT2D eigenvalue weighted by atomic mass is 10.0. The molecule has 4 rings (SSSR count). The van der Waals surface area contributed by atoms with E-state index in [0.717, 1.165) is 21.7 Å². The standard InChI is InChI=1S/C24H20ClNOS/c1-2-23(27)26-21-10-6-7-11-22(21)28-24(26,19-12-14-20(25)15-13-19)17-16-18-8-4-3-5-9-18/h3-17H,2H2,1H3. The number of nitrogens with zero attached hydrogens (tertiary/aromatic N) is 1. The average molecular weight is 406 g/mol. The van der Waals surface area contributed by atoms with Gasteiger partial charge in [-0.25, -0.2) is 0 Å². The lowest BCUT2D eigenvalue weighted by Crippen LogP contribution is -2.43. The number of rotatable bonds is 4. The predicted octanol–water partition coefficient (Wildman–Crippen LogP) is 6.76. The highest BCUT2D eigenvalue weighted by molar-refractivity contribution is 8.01. The van der Waals surface area contributed by atoms with Crippen LogP contribution in [0.4, 0.5) is 5.69 Å². The lowest BCUT2D eigenvalue weighted by Gasteiger charge is -2.36. The Kier molecular flexibility index (Phi) is 5.29. The third kappa shape index (κ3) is 3.36. The van der Waals surface area contributed by atoms with Crippen molar-refractivity contribution in [2.45, 2.75) is 23.1 Å². The molecule has 1 atom stereocenters. The number of thioether (sulfide) groups is 1. The average Bonchev–Trinajstić information content (AvgIpc) is 3.08. The first-order chi connectivity index (χ1) is 13.6. The molecule has 140 valence electrons. The zero-order valence-corrected chi connectivity index (χ0v) is 17.1. The Balaban J connectivity index is 1.91. The number of hydrogen-bond acceptors (Lipinski definition) is 2. The highest BCUT2D eigenvalue weighted by Gasteiger charge is 2.47. The largest absolute Gasteiger partial charge is 0.288 e. The maximum Gasteiger partial charge on any atom is 0.228 e. The van der Waals surface area contributed by atoms with Crippen molar-refractivity contribution >= 4 is 41.0 Å². The van der Waals surface area contributed by atoms with E-state index in [9.17, 15) is 4.79 Å². The van der Waals surface area contributed by atoms with Crippen molar-refractivity contribution < 1.29 is 4.79 Å². The first-order valence-electron chi connectivity index (χ1n) is 9.25. The number of halogens is 1. The van der Waals surface area contributed by atoms with Gasteiger partial charge < -0.3 is 0 Å². The van der Waals surface area contributed by atoms with Crippen LogP contribution in [-0.4, -0.2) is 5.91 Å². The number of carbonyl (C=O) groups excluding carboxylic acids is 1. The van der Waals surface area contributed by atoms with E-state index in [1.54, 1.807) is 11.8 Å². The fourth-order valence-corrected chi connectivity index (χ4v) is 5.01. The van der Waals surface area contributed by atoms with E-state index < -0.39 is 4.87 Å². The Hall–Kier alpha value is -2.49. The number of fused-ring (bicyclic) bond motifs is 1. The number of hydrogen-bond donors (Lipinski definition) is 0. The number of amides is 1. The van der Waals surface area contributed by atoms with Crippen LogP contribution in [-0.2, 0) is 9.67 Å². The molecular formula is C24H20ClNOS. The molecule has 28 heavy (non-hydrogen) atoms. The molecule has 1 aliphatic rings. The third-order valence-electron chi connectivity index (χ3n) is 4.81. The summed E-state index contributed by atoms with van der Waals surface area (Å²) >= 11 is 7.84. The molecule has 3 aromatic rings. The van der Waals surface area contributed by atoms with E-state index in [1.165, 1.54) is 0 Å². The Morgan fingerprint density at radius 3 is 2.39 bits per heavy atom. The van der Waals surface area contributed by atoms with Crippen molar-refractivity contribution in [2.24, 2.45) is 0 Å². The second-order valence-electron chi connectivity index (χ2n) is 6.60. The summed E-state index contributed by atoms with van der Waals surface area (Å²) in [6, 6.07) is 26.0. The molecule has 0 bridgehead atoms. The van der Waals surface area contributed by atoms with Crippen molar-refractivity contribution in [2.75, 3.05) is 4.90 Å². The van der Waals surface area contributed by atoms with E-state index in [2.05, 4.69) is 30.4 Å². The monoisotopic (exact) mass is 405 g/mol. The fourth-order valence-electron chi connectivity index (χ4n) is 3.45. The summed E-state index contributed by atoms with van der Waals surface area (Å²) in [6.07, 6.45) is 4.65. The first-order valence-corrected chi connectivity index (χ1v) is 10.4. The second kappa shape index (κ2) is 7.86. The van der Waals surface area contributed by atoms with E-state index in [0.29, 0.717) is 11.4 Å². The minimum absolute atomic E-state index is 0.0881. The topological polar surface area (TPSA) is 20.3 Å². The Morgan fingerprint density at radius 1 is 1.00 bits per heavy atom. The quantitative estimate of drug-likeness (QED) is 0.478. The summed E-state index contributed by atoms with van der Waals surface area (Å²) < 4.78 is 0. The van der Waals surface area contributed by atoms with Crippen LogP contribution < -0.4 is 4.90 Å². The molecule has 1 amide bonds. The summed E-state index contributed by atoms with van der Waals surface area (Å²) in [4.78, 5) is 15.5. The Morgan fingerprint density at radius 2 is 1.68 bits per heavy atom. The molecule has 1 unspecified atom stereocenters. The van der Waals surface area contributed by atoms with E-state index in [1.807, 2.05) is 72.5 Å². The molecule has 1 heterocycles. The van der Waals surface area contributed by atoms with Crippen LogP contribution in [0.3, 0.4) is 0 Å². The molecule has 1 aliphatic heterocycles. The summed E-state index contributed by atoms with van der Waals surface area (Å²) in [5, 5.41) is 0.680. The van der Waals surface area contributed by atoms with Crippen LogP contribution in [0.25, 0.3) is 6.08 Å². The van der Waals surface area contributed by atoms with Gasteiger partial charge in [0.15, 0.2) is 0 Å². The van der Waals surface area contributed by atoms with Gasteiger partial charge in [0.25, 0.3) is 0 Å². The van der Waals surface area contributed by atoms with Gasteiger partial charge in [-0.15, -0.1) is 0 Å². The highest BCUT2D eigenvalue weighted by atomic mass is 35.5. The van der Waals surface area contributed by atoms with Crippen LogP contribution in [0.5, 0.6) is 0 Å². The van der Waals surface area contributed by atoms with Gasteiger partial charge in [0.1, 0.15) is 4.87 Å². The first kappa shape index (κ1) is 18.9. The van der Waals surface area contributed by atoms with Crippen molar-refractivity contribution in [3.63, 3.8) is 0 Å². The van der Waals surface area contributed by atoms with Gasteiger partial charge in [-0.05, 0) is 41.5 Å². The normalized spacial score (nSPS) is 18.4. The van der Waals surface area contributed by atoms with Crippen LogP contribution in [0, 0.1) is 0 Å². The number of carbonyl (C=O) groups is 1. The van der Waals surface area contributed by atoms with Gasteiger partial charge in [0, 0.05) is 16.3 Å². The zero-order valence-electron chi connectivity index (χ0n) is 15.5. The van der Waals surface area contributed by atoms with Gasteiger partial charge in [0.05, 0.1) is 5.69 Å². The molecule has 0 saturated heterocycles. The van der Waals surface area contributed by atoms with Gasteiger partial charge in [-0.1, -0.05) is 91.0 Å². The molecule has 0 spiro atoms. The number of anilines is 1. The molecule has 2 nitrogen and oxygen atoms in total. The van der Waals surface area contributed by atoms with Crippen LogP contribution in [0.2, 0.25) is 5.02 Å². The minimum atomic E-state index is -0.656. The maximum absolute atomic E-state index is 13.1. The molecule has 0 N–H and O–H groups in total. The lowest BCUT2D eigenvalue weighted by molar-refractivity contribution is -0.118. The fraction of sp³-hybridized carbons (Fsp3) is 0.125. The molecule has 0 aliphatic carbocycles. The summed E-state index contributed by atoms with van der Waals surface area (Å²) in [5.41, 5.74) is 3.07. The van der Waals surface area contributed by atoms with Crippen LogP contribution in [0.15, 0.2) is 89.8 Å². The predicted molar refractivity (Wildman–Crippen MR) is 119 cm³/mol. The third-order valence-corrected chi connectivity index (χ3v) is 6.50. The minimum Gasteiger partial charge on any atom is -0.288 e. The number of benzene rings is 3. The Bertz CT molecular complexity index is 1020.